The Morgan fingerprint density at radius 1 is 0.926 bits per heavy atom. The molecule has 130 valence electrons. The van der Waals surface area contributed by atoms with E-state index < -0.39 is 0 Å². The molecule has 0 N–H and O–H groups in total. The van der Waals surface area contributed by atoms with Gasteiger partial charge in [-0.25, -0.2) is 4.98 Å². The standard InChI is InChI=1S/C21H15N5O/c1-4-15-5-3-9-23-20(15)18(7-1)21-24-10-11-26(21)14-17-12-19(25-27-17)16-6-2-8-22-13-16/h1-13H,14H2. The number of pyridine rings is 2. The van der Waals surface area contributed by atoms with Gasteiger partial charge in [-0.05, 0) is 24.3 Å². The molecule has 0 saturated heterocycles. The van der Waals surface area contributed by atoms with Gasteiger partial charge >= 0.3 is 0 Å². The summed E-state index contributed by atoms with van der Waals surface area (Å²) in [4.78, 5) is 13.2. The maximum atomic E-state index is 5.53. The number of nitrogens with zero attached hydrogens (tertiary/aromatic N) is 5. The van der Waals surface area contributed by atoms with Gasteiger partial charge in [-0.2, -0.15) is 0 Å². The van der Waals surface area contributed by atoms with Crippen LogP contribution in [0.3, 0.4) is 0 Å². The van der Waals surface area contributed by atoms with Crippen molar-refractivity contribution in [3.8, 4) is 22.6 Å². The summed E-state index contributed by atoms with van der Waals surface area (Å²) in [5, 5.41) is 5.24. The molecule has 4 aromatic heterocycles. The SMILES string of the molecule is c1cncc(-c2cc(Cn3ccnc3-c3cccc4cccnc34)on2)c1. The Kier molecular flexibility index (Phi) is 3.72. The highest BCUT2D eigenvalue weighted by Gasteiger charge is 2.13. The number of fused-ring (bicyclic) bond motifs is 1. The molecule has 1 aromatic carbocycles. The van der Waals surface area contributed by atoms with E-state index in [0.717, 1.165) is 39.3 Å². The third-order valence-corrected chi connectivity index (χ3v) is 4.43. The van der Waals surface area contributed by atoms with Crippen LogP contribution in [0.1, 0.15) is 5.76 Å². The minimum atomic E-state index is 0.534. The fraction of sp³-hybridized carbons (Fsp3) is 0.0476. The molecule has 0 bridgehead atoms. The van der Waals surface area contributed by atoms with Crippen LogP contribution in [0.5, 0.6) is 0 Å². The molecule has 0 fully saturated rings. The fourth-order valence-corrected chi connectivity index (χ4v) is 3.17. The summed E-state index contributed by atoms with van der Waals surface area (Å²) in [6, 6.07) is 15.9. The van der Waals surface area contributed by atoms with Gasteiger partial charge in [-0.3, -0.25) is 9.97 Å². The first kappa shape index (κ1) is 15.5. The largest absolute Gasteiger partial charge is 0.359 e. The average molecular weight is 353 g/mol. The lowest BCUT2D eigenvalue weighted by molar-refractivity contribution is 0.378. The van der Waals surface area contributed by atoms with Crippen LogP contribution in [-0.4, -0.2) is 24.7 Å². The Hall–Kier alpha value is -3.80. The number of imidazole rings is 1. The number of rotatable bonds is 4. The van der Waals surface area contributed by atoms with E-state index in [4.69, 9.17) is 4.52 Å². The molecule has 0 aliphatic carbocycles. The number of benzene rings is 1. The van der Waals surface area contributed by atoms with E-state index in [9.17, 15) is 0 Å². The molecule has 6 nitrogen and oxygen atoms in total. The third-order valence-electron chi connectivity index (χ3n) is 4.43. The van der Waals surface area contributed by atoms with E-state index in [2.05, 4.69) is 32.2 Å². The summed E-state index contributed by atoms with van der Waals surface area (Å²) in [6.45, 7) is 0.534. The first-order valence-corrected chi connectivity index (χ1v) is 8.60. The fourth-order valence-electron chi connectivity index (χ4n) is 3.17. The monoisotopic (exact) mass is 353 g/mol. The molecule has 0 aliphatic rings. The number of para-hydroxylation sites is 1. The van der Waals surface area contributed by atoms with Crippen molar-refractivity contribution in [2.24, 2.45) is 0 Å². The molecule has 27 heavy (non-hydrogen) atoms. The quantitative estimate of drug-likeness (QED) is 0.484. The summed E-state index contributed by atoms with van der Waals surface area (Å²) in [6.07, 6.45) is 9.03. The lowest BCUT2D eigenvalue weighted by atomic mass is 10.1. The molecule has 0 atom stereocenters. The van der Waals surface area contributed by atoms with Crippen molar-refractivity contribution in [1.29, 1.82) is 0 Å². The normalized spacial score (nSPS) is 11.1. The predicted molar refractivity (Wildman–Crippen MR) is 102 cm³/mol. The van der Waals surface area contributed by atoms with Gasteiger partial charge < -0.3 is 9.09 Å². The van der Waals surface area contributed by atoms with Crippen molar-refractivity contribution in [2.75, 3.05) is 0 Å². The van der Waals surface area contributed by atoms with E-state index in [1.54, 1.807) is 24.8 Å². The summed E-state index contributed by atoms with van der Waals surface area (Å²) in [7, 11) is 0. The zero-order valence-electron chi connectivity index (χ0n) is 14.4. The van der Waals surface area contributed by atoms with E-state index in [-0.39, 0.29) is 0 Å². The van der Waals surface area contributed by atoms with Crippen LogP contribution in [-0.2, 0) is 6.54 Å². The van der Waals surface area contributed by atoms with Gasteiger partial charge in [0.25, 0.3) is 0 Å². The number of aromatic nitrogens is 5. The maximum absolute atomic E-state index is 5.53. The molecule has 0 amide bonds. The van der Waals surface area contributed by atoms with Crippen LogP contribution in [0.4, 0.5) is 0 Å². The molecule has 5 rings (SSSR count). The molecule has 0 saturated carbocycles. The number of hydrogen-bond donors (Lipinski definition) is 0. The van der Waals surface area contributed by atoms with E-state index in [1.165, 1.54) is 0 Å². The molecule has 6 heteroatoms. The Labute approximate surface area is 155 Å². The molecule has 0 spiro atoms. The van der Waals surface area contributed by atoms with Gasteiger partial charge in [-0.15, -0.1) is 0 Å². The molecule has 0 radical (unpaired) electrons. The second-order valence-electron chi connectivity index (χ2n) is 6.18. The third kappa shape index (κ3) is 2.87. The molecule has 0 aliphatic heterocycles. The van der Waals surface area contributed by atoms with Crippen molar-refractivity contribution in [3.05, 3.63) is 85.3 Å². The van der Waals surface area contributed by atoms with Gasteiger partial charge in [0, 0.05) is 53.6 Å². The van der Waals surface area contributed by atoms with E-state index in [1.807, 2.05) is 47.2 Å². The smallest absolute Gasteiger partial charge is 0.157 e. The molecule has 5 aromatic rings. The highest BCUT2D eigenvalue weighted by atomic mass is 16.5. The van der Waals surface area contributed by atoms with Crippen LogP contribution >= 0.6 is 0 Å². The summed E-state index contributed by atoms with van der Waals surface area (Å²) < 4.78 is 7.57. The lowest BCUT2D eigenvalue weighted by Gasteiger charge is -2.08. The van der Waals surface area contributed by atoms with E-state index in [0.29, 0.717) is 6.54 Å². The molecule has 4 heterocycles. The minimum Gasteiger partial charge on any atom is -0.359 e. The highest BCUT2D eigenvalue weighted by Crippen LogP contribution is 2.27. The Morgan fingerprint density at radius 3 is 2.78 bits per heavy atom. The second kappa shape index (κ2) is 6.49. The molecular weight excluding hydrogens is 338 g/mol. The van der Waals surface area contributed by atoms with Gasteiger partial charge in [-0.1, -0.05) is 23.4 Å². The van der Waals surface area contributed by atoms with Crippen molar-refractivity contribution >= 4 is 10.9 Å². The average Bonchev–Trinajstić information content (AvgIpc) is 3.38. The highest BCUT2D eigenvalue weighted by molar-refractivity contribution is 5.91. The molecular formula is C21H15N5O. The summed E-state index contributed by atoms with van der Waals surface area (Å²) in [5.41, 5.74) is 3.62. The molecule has 0 unspecified atom stereocenters. The summed E-state index contributed by atoms with van der Waals surface area (Å²) in [5.74, 6) is 1.60. The minimum absolute atomic E-state index is 0.534. The van der Waals surface area contributed by atoms with E-state index >= 15 is 0 Å². The first-order chi connectivity index (χ1) is 13.4. The Morgan fingerprint density at radius 2 is 1.85 bits per heavy atom. The Balaban J connectivity index is 1.50. The van der Waals surface area contributed by atoms with Crippen LogP contribution in [0.25, 0.3) is 33.5 Å². The van der Waals surface area contributed by atoms with Crippen molar-refractivity contribution in [3.63, 3.8) is 0 Å². The van der Waals surface area contributed by atoms with Crippen LogP contribution in [0.15, 0.2) is 84.0 Å². The van der Waals surface area contributed by atoms with Gasteiger partial charge in [0.15, 0.2) is 5.76 Å². The number of hydrogen-bond acceptors (Lipinski definition) is 5. The maximum Gasteiger partial charge on any atom is 0.157 e. The van der Waals surface area contributed by atoms with Crippen LogP contribution in [0, 0.1) is 0 Å². The zero-order chi connectivity index (χ0) is 18.1. The van der Waals surface area contributed by atoms with Gasteiger partial charge in [0.1, 0.15) is 11.5 Å². The topological polar surface area (TPSA) is 69.6 Å². The first-order valence-electron chi connectivity index (χ1n) is 8.60. The van der Waals surface area contributed by atoms with Crippen molar-refractivity contribution in [1.82, 2.24) is 24.7 Å². The van der Waals surface area contributed by atoms with Crippen LogP contribution < -0.4 is 0 Å². The van der Waals surface area contributed by atoms with Gasteiger partial charge in [0.2, 0.25) is 0 Å². The lowest BCUT2D eigenvalue weighted by Crippen LogP contribution is -2.01. The zero-order valence-corrected chi connectivity index (χ0v) is 14.4. The Bertz CT molecular complexity index is 1200. The van der Waals surface area contributed by atoms with Gasteiger partial charge in [0.05, 0.1) is 12.1 Å². The van der Waals surface area contributed by atoms with Crippen molar-refractivity contribution in [2.45, 2.75) is 6.54 Å². The van der Waals surface area contributed by atoms with Crippen molar-refractivity contribution < 1.29 is 4.52 Å². The second-order valence-corrected chi connectivity index (χ2v) is 6.18. The summed E-state index contributed by atoms with van der Waals surface area (Å²) >= 11 is 0. The van der Waals surface area contributed by atoms with Crippen LogP contribution in [0.2, 0.25) is 0 Å². The predicted octanol–water partition coefficient (Wildman–Crippen LogP) is 4.20.